The van der Waals surface area contributed by atoms with Crippen LogP contribution in [0.25, 0.3) is 0 Å². The van der Waals surface area contributed by atoms with Gasteiger partial charge < -0.3 is 19.9 Å². The number of benzene rings is 1. The zero-order valence-electron chi connectivity index (χ0n) is 14.8. The van der Waals surface area contributed by atoms with Gasteiger partial charge in [-0.05, 0) is 32.9 Å². The van der Waals surface area contributed by atoms with Crippen LogP contribution in [0.1, 0.15) is 28.6 Å². The molecule has 0 bridgehead atoms. The van der Waals surface area contributed by atoms with E-state index in [1.54, 1.807) is 18.3 Å². The number of alkyl halides is 3. The molecule has 10 heteroatoms. The molecule has 1 aromatic carbocycles. The second-order valence-corrected chi connectivity index (χ2v) is 5.74. The van der Waals surface area contributed by atoms with Crippen LogP contribution in [-0.4, -0.2) is 35.5 Å². The molecule has 27 heavy (non-hydrogen) atoms. The van der Waals surface area contributed by atoms with Crippen molar-refractivity contribution in [2.45, 2.75) is 32.6 Å². The van der Waals surface area contributed by atoms with Gasteiger partial charge in [0, 0.05) is 11.6 Å². The number of anilines is 1. The predicted octanol–water partition coefficient (Wildman–Crippen LogP) is 2.96. The number of hydrogen-bond acceptors (Lipinski definition) is 6. The molecule has 1 atom stereocenters. The molecule has 146 valence electrons. The normalized spacial score (nSPS) is 13.6. The van der Waals surface area contributed by atoms with Crippen molar-refractivity contribution < 1.29 is 32.0 Å². The second kappa shape index (κ2) is 7.68. The molecule has 1 amide bonds. The third kappa shape index (κ3) is 4.39. The molecule has 1 aromatic heterocycles. The number of hydrogen-bond donors (Lipinski definition) is 2. The van der Waals surface area contributed by atoms with Crippen molar-refractivity contribution in [2.75, 3.05) is 11.9 Å². The quantitative estimate of drug-likeness (QED) is 0.587. The molecular weight excluding hydrogens is 367 g/mol. The van der Waals surface area contributed by atoms with E-state index in [4.69, 9.17) is 4.52 Å². The summed E-state index contributed by atoms with van der Waals surface area (Å²) in [5, 5.41) is 7.05. The molecule has 2 N–H and O–H groups in total. The Labute approximate surface area is 152 Å². The number of amides is 1. The Bertz CT molecular complexity index is 835. The van der Waals surface area contributed by atoms with Gasteiger partial charge >= 0.3 is 17.8 Å². The number of rotatable bonds is 6. The fourth-order valence-corrected chi connectivity index (χ4v) is 2.28. The average molecular weight is 385 g/mol. The fraction of sp³-hybridized carbons (Fsp3) is 0.353. The smallest absolute Gasteiger partial charge is 0.441 e. The highest BCUT2D eigenvalue weighted by molar-refractivity contribution is 5.99. The molecule has 1 heterocycles. The van der Waals surface area contributed by atoms with Crippen molar-refractivity contribution in [3.63, 3.8) is 0 Å². The summed E-state index contributed by atoms with van der Waals surface area (Å²) >= 11 is 0. The van der Waals surface area contributed by atoms with E-state index in [2.05, 4.69) is 9.89 Å². The number of ether oxygens (including phenoxy) is 1. The maximum absolute atomic E-state index is 14.0. The van der Waals surface area contributed by atoms with Crippen molar-refractivity contribution in [3.8, 4) is 0 Å². The summed E-state index contributed by atoms with van der Waals surface area (Å²) in [6.07, 6.45) is -5.24. The van der Waals surface area contributed by atoms with Gasteiger partial charge in [0.1, 0.15) is 5.76 Å². The van der Waals surface area contributed by atoms with E-state index >= 15 is 0 Å². The van der Waals surface area contributed by atoms with Crippen molar-refractivity contribution in [1.29, 1.82) is 0 Å². The van der Waals surface area contributed by atoms with Gasteiger partial charge in [-0.25, -0.2) is 4.79 Å². The lowest BCUT2D eigenvalue weighted by Crippen LogP contribution is -2.69. The standard InChI is InChI=1S/C17H18F3N3O4/c1-4-26-15(25)16(17(18,19)20,21-13-9-11(3)27-23-13)22-14(24)12-7-5-6-10(2)8-12/h5-9H,4H2,1-3H3,(H,21,23)(H,22,24)/t16-/m0/s1. The van der Waals surface area contributed by atoms with Crippen molar-refractivity contribution in [2.24, 2.45) is 0 Å². The minimum Gasteiger partial charge on any atom is -0.463 e. The highest BCUT2D eigenvalue weighted by Gasteiger charge is 2.64. The summed E-state index contributed by atoms with van der Waals surface area (Å²) in [5.74, 6) is -3.01. The van der Waals surface area contributed by atoms with Crippen LogP contribution >= 0.6 is 0 Å². The fourth-order valence-electron chi connectivity index (χ4n) is 2.28. The maximum atomic E-state index is 14.0. The van der Waals surface area contributed by atoms with E-state index in [0.717, 1.165) is 6.07 Å². The van der Waals surface area contributed by atoms with Gasteiger partial charge in [0.2, 0.25) is 0 Å². The van der Waals surface area contributed by atoms with Crippen molar-refractivity contribution in [3.05, 3.63) is 47.2 Å². The van der Waals surface area contributed by atoms with Crippen LogP contribution in [0.15, 0.2) is 34.9 Å². The number of carbonyl (C=O) groups excluding carboxylic acids is 2. The number of nitrogens with one attached hydrogen (secondary N) is 2. The first-order chi connectivity index (χ1) is 12.6. The SMILES string of the molecule is CCOC(=O)[C@@](NC(=O)c1cccc(C)c1)(Nc1cc(C)on1)C(F)(F)F. The Morgan fingerprint density at radius 2 is 1.93 bits per heavy atom. The van der Waals surface area contributed by atoms with E-state index < -0.39 is 23.7 Å². The van der Waals surface area contributed by atoms with Crippen molar-refractivity contribution in [1.82, 2.24) is 10.5 Å². The van der Waals surface area contributed by atoms with E-state index in [1.807, 2.05) is 5.32 Å². The van der Waals surface area contributed by atoms with E-state index in [9.17, 15) is 22.8 Å². The lowest BCUT2D eigenvalue weighted by molar-refractivity contribution is -0.204. The van der Waals surface area contributed by atoms with E-state index in [1.165, 1.54) is 32.0 Å². The van der Waals surface area contributed by atoms with Gasteiger partial charge in [0.15, 0.2) is 5.82 Å². The Kier molecular flexibility index (Phi) is 5.77. The third-order valence-corrected chi connectivity index (χ3v) is 3.53. The van der Waals surface area contributed by atoms with Gasteiger partial charge in [0.25, 0.3) is 5.91 Å². The minimum atomic E-state index is -5.24. The van der Waals surface area contributed by atoms with Crippen LogP contribution in [0.4, 0.5) is 19.0 Å². The first kappa shape index (κ1) is 20.3. The topological polar surface area (TPSA) is 93.5 Å². The molecule has 0 unspecified atom stereocenters. The van der Waals surface area contributed by atoms with Gasteiger partial charge in [-0.1, -0.05) is 22.9 Å². The zero-order chi connectivity index (χ0) is 20.2. The summed E-state index contributed by atoms with van der Waals surface area (Å²) < 4.78 is 51.2. The lowest BCUT2D eigenvalue weighted by atomic mass is 10.1. The van der Waals surface area contributed by atoms with Gasteiger partial charge in [-0.2, -0.15) is 13.2 Å². The van der Waals surface area contributed by atoms with Gasteiger partial charge in [-0.15, -0.1) is 0 Å². The molecule has 2 rings (SSSR count). The Balaban J connectivity index is 2.48. The molecule has 0 saturated carbocycles. The first-order valence-corrected chi connectivity index (χ1v) is 7.93. The number of aryl methyl sites for hydroxylation is 2. The van der Waals surface area contributed by atoms with Crippen LogP contribution in [0, 0.1) is 13.8 Å². The predicted molar refractivity (Wildman–Crippen MR) is 88.9 cm³/mol. The molecule has 0 radical (unpaired) electrons. The van der Waals surface area contributed by atoms with Crippen LogP contribution < -0.4 is 10.6 Å². The Morgan fingerprint density at radius 3 is 2.44 bits per heavy atom. The minimum absolute atomic E-state index is 0.0499. The second-order valence-electron chi connectivity index (χ2n) is 5.74. The molecule has 2 aromatic rings. The zero-order valence-corrected chi connectivity index (χ0v) is 14.8. The van der Waals surface area contributed by atoms with E-state index in [0.29, 0.717) is 5.56 Å². The molecule has 0 aliphatic rings. The maximum Gasteiger partial charge on any atom is 0.441 e. The lowest BCUT2D eigenvalue weighted by Gasteiger charge is -2.34. The summed E-state index contributed by atoms with van der Waals surface area (Å²) in [7, 11) is 0. The average Bonchev–Trinajstić information content (AvgIpc) is 2.98. The van der Waals surface area contributed by atoms with Crippen LogP contribution in [0.2, 0.25) is 0 Å². The molecule has 0 fully saturated rings. The summed E-state index contributed by atoms with van der Waals surface area (Å²) in [4.78, 5) is 24.7. The first-order valence-electron chi connectivity index (χ1n) is 7.93. The molecule has 0 aliphatic carbocycles. The third-order valence-electron chi connectivity index (χ3n) is 3.53. The Morgan fingerprint density at radius 1 is 1.22 bits per heavy atom. The van der Waals surface area contributed by atoms with Gasteiger partial charge in [0.05, 0.1) is 6.61 Å². The summed E-state index contributed by atoms with van der Waals surface area (Å²) in [6.45, 7) is 4.16. The number of esters is 1. The summed E-state index contributed by atoms with van der Waals surface area (Å²) in [5.41, 5.74) is -2.94. The Hall–Kier alpha value is -3.04. The highest BCUT2D eigenvalue weighted by Crippen LogP contribution is 2.33. The monoisotopic (exact) mass is 385 g/mol. The van der Waals surface area contributed by atoms with Gasteiger partial charge in [-0.3, -0.25) is 4.79 Å². The van der Waals surface area contributed by atoms with Crippen LogP contribution in [0.5, 0.6) is 0 Å². The molecule has 0 aliphatic heterocycles. The van der Waals surface area contributed by atoms with Crippen LogP contribution in [0.3, 0.4) is 0 Å². The van der Waals surface area contributed by atoms with Crippen LogP contribution in [-0.2, 0) is 9.53 Å². The van der Waals surface area contributed by atoms with E-state index in [-0.39, 0.29) is 23.7 Å². The summed E-state index contributed by atoms with van der Waals surface area (Å²) in [6, 6.07) is 7.06. The number of halogens is 3. The van der Waals surface area contributed by atoms with Crippen molar-refractivity contribution >= 4 is 17.7 Å². The molecule has 7 nitrogen and oxygen atoms in total. The molecule has 0 saturated heterocycles. The number of aromatic nitrogens is 1. The number of carbonyl (C=O) groups is 2. The largest absolute Gasteiger partial charge is 0.463 e. The molecular formula is C17H18F3N3O4. The highest BCUT2D eigenvalue weighted by atomic mass is 19.4. The molecule has 0 spiro atoms. The number of nitrogens with zero attached hydrogens (tertiary/aromatic N) is 1.